The molecule has 0 radical (unpaired) electrons. The number of ether oxygens (including phenoxy) is 4. The van der Waals surface area contributed by atoms with Gasteiger partial charge in [-0.2, -0.15) is 0 Å². The monoisotopic (exact) mass is 363 g/mol. The van der Waals surface area contributed by atoms with Crippen molar-refractivity contribution in [3.05, 3.63) is 18.2 Å². The molecule has 3 aliphatic heterocycles. The molecule has 8 heteroatoms. The fourth-order valence-corrected chi connectivity index (χ4v) is 3.63. The third-order valence-corrected chi connectivity index (χ3v) is 4.81. The number of morpholine rings is 1. The lowest BCUT2D eigenvalue weighted by Crippen LogP contribution is -2.53. The summed E-state index contributed by atoms with van der Waals surface area (Å²) in [5.41, 5.74) is 6.27. The molecule has 1 aromatic carbocycles. The summed E-state index contributed by atoms with van der Waals surface area (Å²) in [5.74, 6) is 2.27. The number of nitrogens with one attached hydrogen (secondary N) is 2. The summed E-state index contributed by atoms with van der Waals surface area (Å²) in [6.45, 7) is 5.98. The van der Waals surface area contributed by atoms with Crippen LogP contribution in [0.4, 0.5) is 0 Å². The first kappa shape index (κ1) is 17.4. The Morgan fingerprint density at radius 2 is 1.96 bits per heavy atom. The molecule has 3 heterocycles. The maximum atomic E-state index is 12.7. The van der Waals surface area contributed by atoms with Crippen molar-refractivity contribution in [1.82, 2.24) is 15.8 Å². The van der Waals surface area contributed by atoms with Crippen LogP contribution in [0.15, 0.2) is 18.2 Å². The van der Waals surface area contributed by atoms with E-state index in [-0.39, 0.29) is 37.0 Å². The van der Waals surface area contributed by atoms with Crippen LogP contribution in [0.3, 0.4) is 0 Å². The van der Waals surface area contributed by atoms with Crippen molar-refractivity contribution in [1.29, 1.82) is 0 Å². The van der Waals surface area contributed by atoms with Crippen LogP contribution < -0.4 is 25.1 Å². The largest absolute Gasteiger partial charge is 0.492 e. The van der Waals surface area contributed by atoms with Crippen molar-refractivity contribution in [3.8, 4) is 17.2 Å². The number of fused-ring (bicyclic) bond motifs is 1. The summed E-state index contributed by atoms with van der Waals surface area (Å²) in [6, 6.07) is 5.34. The summed E-state index contributed by atoms with van der Waals surface area (Å²) in [4.78, 5) is 14.6. The molecule has 0 bridgehead atoms. The molecular formula is C18H25N3O5. The molecule has 0 saturated carbocycles. The van der Waals surface area contributed by atoms with Crippen molar-refractivity contribution >= 4 is 5.91 Å². The molecule has 2 unspecified atom stereocenters. The fraction of sp³-hybridized carbons (Fsp3) is 0.611. The van der Waals surface area contributed by atoms with Crippen LogP contribution in [0, 0.1) is 0 Å². The smallest absolute Gasteiger partial charge is 0.241 e. The van der Waals surface area contributed by atoms with Gasteiger partial charge in [0.05, 0.1) is 18.2 Å². The minimum absolute atomic E-state index is 0.0604. The number of hydrogen-bond acceptors (Lipinski definition) is 7. The van der Waals surface area contributed by atoms with Crippen molar-refractivity contribution in [2.24, 2.45) is 0 Å². The molecule has 0 aliphatic carbocycles. The average Bonchev–Trinajstić information content (AvgIpc) is 3.27. The number of nitrogens with zero attached hydrogens (tertiary/aromatic N) is 1. The van der Waals surface area contributed by atoms with Gasteiger partial charge in [-0.3, -0.25) is 10.2 Å². The number of hydrogen-bond donors (Lipinski definition) is 2. The Hall–Kier alpha value is -2.03. The highest BCUT2D eigenvalue weighted by Crippen LogP contribution is 2.35. The molecule has 2 N–H and O–H groups in total. The maximum absolute atomic E-state index is 12.7. The number of amides is 1. The van der Waals surface area contributed by atoms with Crippen molar-refractivity contribution in [3.63, 3.8) is 0 Å². The summed E-state index contributed by atoms with van der Waals surface area (Å²) in [7, 11) is 0. The Morgan fingerprint density at radius 1 is 1.19 bits per heavy atom. The van der Waals surface area contributed by atoms with Crippen molar-refractivity contribution < 1.29 is 23.7 Å². The van der Waals surface area contributed by atoms with Crippen LogP contribution in [-0.2, 0) is 9.53 Å². The molecule has 4 atom stereocenters. The lowest BCUT2D eigenvalue weighted by atomic mass is 10.1. The summed E-state index contributed by atoms with van der Waals surface area (Å²) in [5, 5.41) is 0. The average molecular weight is 363 g/mol. The first-order valence-corrected chi connectivity index (χ1v) is 9.06. The van der Waals surface area contributed by atoms with Gasteiger partial charge in [-0.05, 0) is 32.4 Å². The Bertz CT molecular complexity index is 660. The van der Waals surface area contributed by atoms with Gasteiger partial charge >= 0.3 is 0 Å². The third-order valence-electron chi connectivity index (χ3n) is 4.81. The standard InChI is InChI=1S/C18H25N3O5/c1-11-7-21(8-12(2)26-11)18(22)15-5-13(19-20-15)9-23-14-3-4-16-17(6-14)25-10-24-16/h3-4,6,11-13,15,19-20H,5,7-10H2,1-2H3/t11-,12+,13?,15?. The van der Waals surface area contributed by atoms with E-state index in [1.165, 1.54) is 0 Å². The van der Waals surface area contributed by atoms with Crippen LogP contribution >= 0.6 is 0 Å². The SMILES string of the molecule is C[C@@H]1CN(C(=O)C2CC(COc3ccc4c(c3)OCO4)NN2)C[C@H](C)O1. The number of carbonyl (C=O) groups excluding carboxylic acids is 1. The molecule has 0 aromatic heterocycles. The second-order valence-corrected chi connectivity index (χ2v) is 7.10. The first-order chi connectivity index (χ1) is 12.6. The van der Waals surface area contributed by atoms with Gasteiger partial charge in [0, 0.05) is 19.2 Å². The van der Waals surface area contributed by atoms with Gasteiger partial charge < -0.3 is 23.8 Å². The normalized spacial score (nSPS) is 30.5. The van der Waals surface area contributed by atoms with Gasteiger partial charge in [-0.25, -0.2) is 5.43 Å². The molecule has 2 saturated heterocycles. The minimum atomic E-state index is -0.238. The lowest BCUT2D eigenvalue weighted by Gasteiger charge is -2.36. The molecule has 1 amide bonds. The maximum Gasteiger partial charge on any atom is 0.241 e. The van der Waals surface area contributed by atoms with E-state index < -0.39 is 0 Å². The highest BCUT2D eigenvalue weighted by Gasteiger charge is 2.35. The van der Waals surface area contributed by atoms with Gasteiger partial charge in [0.1, 0.15) is 18.4 Å². The van der Waals surface area contributed by atoms with Crippen molar-refractivity contribution in [2.75, 3.05) is 26.5 Å². The van der Waals surface area contributed by atoms with E-state index in [1.807, 2.05) is 36.9 Å². The molecule has 2 fully saturated rings. The summed E-state index contributed by atoms with van der Waals surface area (Å²) >= 11 is 0. The topological polar surface area (TPSA) is 81.3 Å². The minimum Gasteiger partial charge on any atom is -0.492 e. The highest BCUT2D eigenvalue weighted by atomic mass is 16.7. The third kappa shape index (κ3) is 3.72. The molecule has 26 heavy (non-hydrogen) atoms. The number of rotatable bonds is 4. The summed E-state index contributed by atoms with van der Waals surface area (Å²) < 4.78 is 22.2. The van der Waals surface area contributed by atoms with E-state index in [4.69, 9.17) is 18.9 Å². The van der Waals surface area contributed by atoms with Crippen molar-refractivity contribution in [2.45, 2.75) is 44.6 Å². The van der Waals surface area contributed by atoms with Gasteiger partial charge in [0.15, 0.2) is 11.5 Å². The Kier molecular flexibility index (Phi) is 4.88. The molecule has 3 aliphatic rings. The Morgan fingerprint density at radius 3 is 2.77 bits per heavy atom. The molecule has 0 spiro atoms. The zero-order valence-electron chi connectivity index (χ0n) is 15.1. The Balaban J connectivity index is 1.28. The van der Waals surface area contributed by atoms with E-state index in [0.29, 0.717) is 31.9 Å². The lowest BCUT2D eigenvalue weighted by molar-refractivity contribution is -0.145. The van der Waals surface area contributed by atoms with Crippen LogP contribution in [-0.4, -0.2) is 61.6 Å². The first-order valence-electron chi connectivity index (χ1n) is 9.06. The van der Waals surface area contributed by atoms with Crippen LogP contribution in [0.1, 0.15) is 20.3 Å². The second kappa shape index (κ2) is 7.30. The van der Waals surface area contributed by atoms with E-state index in [1.54, 1.807) is 0 Å². The molecule has 1 aromatic rings. The predicted octanol–water partition coefficient (Wildman–Crippen LogP) is 0.665. The highest BCUT2D eigenvalue weighted by molar-refractivity contribution is 5.82. The van der Waals surface area contributed by atoms with Gasteiger partial charge in [0.2, 0.25) is 12.7 Å². The number of benzene rings is 1. The predicted molar refractivity (Wildman–Crippen MR) is 93.1 cm³/mol. The van der Waals surface area contributed by atoms with E-state index >= 15 is 0 Å². The molecule has 4 rings (SSSR count). The number of hydrazine groups is 1. The van der Waals surface area contributed by atoms with E-state index in [9.17, 15) is 4.79 Å². The summed E-state index contributed by atoms with van der Waals surface area (Å²) in [6.07, 6.45) is 0.827. The second-order valence-electron chi connectivity index (χ2n) is 7.10. The zero-order chi connectivity index (χ0) is 18.1. The Labute approximate surface area is 152 Å². The van der Waals surface area contributed by atoms with Crippen LogP contribution in [0.5, 0.6) is 17.2 Å². The fourth-order valence-electron chi connectivity index (χ4n) is 3.63. The molecule has 8 nitrogen and oxygen atoms in total. The van der Waals surface area contributed by atoms with Gasteiger partial charge in [-0.1, -0.05) is 0 Å². The molecular weight excluding hydrogens is 338 g/mol. The van der Waals surface area contributed by atoms with Gasteiger partial charge in [-0.15, -0.1) is 0 Å². The van der Waals surface area contributed by atoms with E-state index in [0.717, 1.165) is 11.5 Å². The van der Waals surface area contributed by atoms with E-state index in [2.05, 4.69) is 10.9 Å². The zero-order valence-corrected chi connectivity index (χ0v) is 15.1. The molecule has 142 valence electrons. The van der Waals surface area contributed by atoms with Crippen LogP contribution in [0.2, 0.25) is 0 Å². The number of carbonyl (C=O) groups is 1. The van der Waals surface area contributed by atoms with Crippen LogP contribution in [0.25, 0.3) is 0 Å². The quantitative estimate of drug-likeness (QED) is 0.814. The van der Waals surface area contributed by atoms with Gasteiger partial charge in [0.25, 0.3) is 0 Å².